The number of aromatic nitrogens is 2. The van der Waals surface area contributed by atoms with Gasteiger partial charge in [-0.1, -0.05) is 29.8 Å². The van der Waals surface area contributed by atoms with Crippen molar-refractivity contribution in [3.05, 3.63) is 41.3 Å². The van der Waals surface area contributed by atoms with Gasteiger partial charge in [0.1, 0.15) is 11.2 Å². The number of aromatic amines is 1. The third kappa shape index (κ3) is 1.84. The number of nitrogens with zero attached hydrogens (tertiary/aromatic N) is 2. The predicted octanol–water partition coefficient (Wildman–Crippen LogP) is 3.64. The lowest BCUT2D eigenvalue weighted by Crippen LogP contribution is -2.33. The van der Waals surface area contributed by atoms with Gasteiger partial charge < -0.3 is 4.98 Å². The summed E-state index contributed by atoms with van der Waals surface area (Å²) in [5, 5.41) is 9.39. The molecule has 1 N–H and O–H groups in total. The molecule has 1 aromatic carbocycles. The Labute approximate surface area is 113 Å². The number of benzene rings is 1. The van der Waals surface area contributed by atoms with Crippen LogP contribution in [0.15, 0.2) is 24.3 Å². The molecule has 0 saturated heterocycles. The molecule has 0 bridgehead atoms. The fourth-order valence-corrected chi connectivity index (χ4v) is 2.61. The summed E-state index contributed by atoms with van der Waals surface area (Å²) < 4.78 is 0. The lowest BCUT2D eigenvalue weighted by atomic mass is 9.69. The van der Waals surface area contributed by atoms with Crippen molar-refractivity contribution in [1.29, 1.82) is 5.26 Å². The van der Waals surface area contributed by atoms with E-state index < -0.39 is 0 Å². The number of nitriles is 1. The number of H-pyrrole nitrogens is 1. The van der Waals surface area contributed by atoms with E-state index in [4.69, 9.17) is 4.98 Å². The van der Waals surface area contributed by atoms with Crippen molar-refractivity contribution >= 4 is 0 Å². The zero-order valence-electron chi connectivity index (χ0n) is 11.3. The van der Waals surface area contributed by atoms with E-state index in [0.717, 1.165) is 42.0 Å². The zero-order valence-corrected chi connectivity index (χ0v) is 11.3. The van der Waals surface area contributed by atoms with Gasteiger partial charge in [-0.05, 0) is 33.1 Å². The molecular formula is C16H17N3. The fourth-order valence-electron chi connectivity index (χ4n) is 2.61. The number of imidazole rings is 1. The highest BCUT2D eigenvalue weighted by atomic mass is 15.0. The van der Waals surface area contributed by atoms with E-state index >= 15 is 0 Å². The standard InChI is InChI=1S/C16H17N3/c1-11-4-6-13(7-5-11)14-12(2)18-15(19-14)16(10-17)8-3-9-16/h4-7H,3,8-9H2,1-2H3,(H,18,19). The van der Waals surface area contributed by atoms with Crippen LogP contribution in [-0.2, 0) is 5.41 Å². The van der Waals surface area contributed by atoms with Gasteiger partial charge in [0.25, 0.3) is 0 Å². The van der Waals surface area contributed by atoms with Crippen molar-refractivity contribution in [2.75, 3.05) is 0 Å². The van der Waals surface area contributed by atoms with Gasteiger partial charge in [-0.3, -0.25) is 0 Å². The molecule has 2 aromatic rings. The predicted molar refractivity (Wildman–Crippen MR) is 74.6 cm³/mol. The molecule has 1 aliphatic rings. The lowest BCUT2D eigenvalue weighted by Gasteiger charge is -2.32. The third-order valence-corrected chi connectivity index (χ3v) is 4.08. The van der Waals surface area contributed by atoms with E-state index in [1.165, 1.54) is 5.56 Å². The Bertz CT molecular complexity index is 640. The Morgan fingerprint density at radius 3 is 2.42 bits per heavy atom. The molecule has 1 heterocycles. The second kappa shape index (κ2) is 4.24. The highest BCUT2D eigenvalue weighted by molar-refractivity contribution is 5.62. The summed E-state index contributed by atoms with van der Waals surface area (Å²) in [6, 6.07) is 10.8. The van der Waals surface area contributed by atoms with Gasteiger partial charge in [0, 0.05) is 11.3 Å². The Morgan fingerprint density at radius 2 is 1.89 bits per heavy atom. The van der Waals surface area contributed by atoms with Crippen LogP contribution in [0.1, 0.15) is 36.3 Å². The molecule has 96 valence electrons. The van der Waals surface area contributed by atoms with E-state index in [2.05, 4.69) is 42.2 Å². The topological polar surface area (TPSA) is 52.5 Å². The lowest BCUT2D eigenvalue weighted by molar-refractivity contribution is 0.309. The van der Waals surface area contributed by atoms with Gasteiger partial charge in [0.2, 0.25) is 0 Å². The van der Waals surface area contributed by atoms with Gasteiger partial charge in [0.15, 0.2) is 0 Å². The maximum atomic E-state index is 9.39. The van der Waals surface area contributed by atoms with Crippen LogP contribution in [0.2, 0.25) is 0 Å². The summed E-state index contributed by atoms with van der Waals surface area (Å²) in [5.41, 5.74) is 3.99. The van der Waals surface area contributed by atoms with Gasteiger partial charge in [0.05, 0.1) is 11.8 Å². The van der Waals surface area contributed by atoms with Crippen LogP contribution in [0, 0.1) is 25.2 Å². The smallest absolute Gasteiger partial charge is 0.127 e. The van der Waals surface area contributed by atoms with Crippen molar-refractivity contribution in [3.63, 3.8) is 0 Å². The summed E-state index contributed by atoms with van der Waals surface area (Å²) in [6.45, 7) is 4.10. The maximum absolute atomic E-state index is 9.39. The van der Waals surface area contributed by atoms with Crippen LogP contribution in [0.3, 0.4) is 0 Å². The van der Waals surface area contributed by atoms with Crippen LogP contribution in [0.25, 0.3) is 11.3 Å². The van der Waals surface area contributed by atoms with Gasteiger partial charge in [-0.2, -0.15) is 5.26 Å². The summed E-state index contributed by atoms with van der Waals surface area (Å²) in [7, 11) is 0. The average Bonchev–Trinajstić information content (AvgIpc) is 2.72. The first kappa shape index (κ1) is 12.0. The Kier molecular flexibility index (Phi) is 2.67. The summed E-state index contributed by atoms with van der Waals surface area (Å²) in [5.74, 6) is 0.842. The number of hydrogen-bond donors (Lipinski definition) is 1. The first-order chi connectivity index (χ1) is 9.14. The second-order valence-electron chi connectivity index (χ2n) is 5.47. The van der Waals surface area contributed by atoms with Crippen LogP contribution in [-0.4, -0.2) is 9.97 Å². The van der Waals surface area contributed by atoms with Crippen molar-refractivity contribution in [3.8, 4) is 17.3 Å². The summed E-state index contributed by atoms with van der Waals surface area (Å²) in [4.78, 5) is 8.01. The molecule has 0 atom stereocenters. The van der Waals surface area contributed by atoms with Crippen molar-refractivity contribution in [2.24, 2.45) is 0 Å². The van der Waals surface area contributed by atoms with Gasteiger partial charge in [-0.25, -0.2) is 4.98 Å². The highest BCUT2D eigenvalue weighted by Crippen LogP contribution is 2.42. The first-order valence-corrected chi connectivity index (χ1v) is 6.70. The molecule has 1 saturated carbocycles. The molecule has 0 unspecified atom stereocenters. The Morgan fingerprint density at radius 1 is 1.21 bits per heavy atom. The van der Waals surface area contributed by atoms with E-state index in [0.29, 0.717) is 0 Å². The number of aryl methyl sites for hydroxylation is 2. The van der Waals surface area contributed by atoms with Crippen LogP contribution in [0.4, 0.5) is 0 Å². The fraction of sp³-hybridized carbons (Fsp3) is 0.375. The number of rotatable bonds is 2. The minimum absolute atomic E-state index is 0.367. The second-order valence-corrected chi connectivity index (χ2v) is 5.47. The molecule has 0 radical (unpaired) electrons. The molecule has 0 spiro atoms. The Hall–Kier alpha value is -2.08. The van der Waals surface area contributed by atoms with Crippen molar-refractivity contribution in [1.82, 2.24) is 9.97 Å². The molecule has 3 heteroatoms. The van der Waals surface area contributed by atoms with Gasteiger partial charge in [-0.15, -0.1) is 0 Å². The van der Waals surface area contributed by atoms with Crippen LogP contribution >= 0.6 is 0 Å². The molecule has 0 aliphatic heterocycles. The summed E-state index contributed by atoms with van der Waals surface area (Å²) >= 11 is 0. The van der Waals surface area contributed by atoms with Crippen LogP contribution < -0.4 is 0 Å². The molecule has 19 heavy (non-hydrogen) atoms. The maximum Gasteiger partial charge on any atom is 0.127 e. The first-order valence-electron chi connectivity index (χ1n) is 6.70. The van der Waals surface area contributed by atoms with E-state index in [-0.39, 0.29) is 5.41 Å². The largest absolute Gasteiger partial charge is 0.344 e. The quantitative estimate of drug-likeness (QED) is 0.886. The molecule has 3 rings (SSSR count). The zero-order chi connectivity index (χ0) is 13.5. The molecule has 0 amide bonds. The molecule has 1 fully saturated rings. The minimum atomic E-state index is -0.367. The minimum Gasteiger partial charge on any atom is -0.344 e. The third-order valence-electron chi connectivity index (χ3n) is 4.08. The highest BCUT2D eigenvalue weighted by Gasteiger charge is 2.42. The number of hydrogen-bond acceptors (Lipinski definition) is 2. The normalized spacial score (nSPS) is 16.7. The monoisotopic (exact) mass is 251 g/mol. The molecule has 3 nitrogen and oxygen atoms in total. The number of nitrogens with one attached hydrogen (secondary N) is 1. The summed E-state index contributed by atoms with van der Waals surface area (Å²) in [6.07, 6.45) is 2.96. The molecule has 1 aromatic heterocycles. The van der Waals surface area contributed by atoms with Crippen molar-refractivity contribution in [2.45, 2.75) is 38.5 Å². The van der Waals surface area contributed by atoms with E-state index in [9.17, 15) is 5.26 Å². The SMILES string of the molecule is Cc1ccc(-c2nc(C3(C#N)CCC3)[nH]c2C)cc1. The van der Waals surface area contributed by atoms with E-state index in [1.807, 2.05) is 6.92 Å². The van der Waals surface area contributed by atoms with Gasteiger partial charge >= 0.3 is 0 Å². The van der Waals surface area contributed by atoms with Crippen LogP contribution in [0.5, 0.6) is 0 Å². The van der Waals surface area contributed by atoms with E-state index in [1.54, 1.807) is 0 Å². The average molecular weight is 251 g/mol. The molecule has 1 aliphatic carbocycles. The van der Waals surface area contributed by atoms with Crippen molar-refractivity contribution < 1.29 is 0 Å². The Balaban J connectivity index is 2.03. The molecular weight excluding hydrogens is 234 g/mol.